The van der Waals surface area contributed by atoms with Gasteiger partial charge >= 0.3 is 5.97 Å². The zero-order chi connectivity index (χ0) is 18.9. The minimum atomic E-state index is -1.81. The number of hydrogen-bond acceptors (Lipinski definition) is 6. The number of phenolic OH excluding ortho intramolecular Hbond substituents is 1. The number of rotatable bonds is 1. The number of phenols is 1. The number of aromatic hydroxyl groups is 1. The van der Waals surface area contributed by atoms with Gasteiger partial charge in [-0.1, -0.05) is 6.92 Å². The molecule has 4 heterocycles. The first kappa shape index (κ1) is 16.3. The van der Waals surface area contributed by atoms with Crippen molar-refractivity contribution in [3.8, 4) is 5.75 Å². The molecule has 2 N–H and O–H groups in total. The second-order valence-electron chi connectivity index (χ2n) is 7.34. The number of esters is 1. The van der Waals surface area contributed by atoms with Crippen LogP contribution in [0.1, 0.15) is 35.7 Å². The van der Waals surface area contributed by atoms with Crippen molar-refractivity contribution in [2.45, 2.75) is 38.5 Å². The molecule has 1 aromatic carbocycles. The van der Waals surface area contributed by atoms with Gasteiger partial charge in [0.2, 0.25) is 0 Å². The molecule has 2 aromatic rings. The van der Waals surface area contributed by atoms with Crippen molar-refractivity contribution < 1.29 is 19.7 Å². The van der Waals surface area contributed by atoms with E-state index in [0.717, 1.165) is 17.0 Å². The number of carbonyl (C=O) groups excluding carboxylic acids is 1. The second-order valence-corrected chi connectivity index (χ2v) is 7.34. The van der Waals surface area contributed by atoms with Crippen molar-refractivity contribution in [3.05, 3.63) is 57.0 Å². The van der Waals surface area contributed by atoms with Crippen molar-refractivity contribution in [1.82, 2.24) is 4.57 Å². The quantitative estimate of drug-likeness (QED) is 0.745. The number of aliphatic hydroxyl groups is 1. The van der Waals surface area contributed by atoms with E-state index in [1.165, 1.54) is 0 Å². The van der Waals surface area contributed by atoms with Crippen LogP contribution in [-0.4, -0.2) is 26.5 Å². The third-order valence-corrected chi connectivity index (χ3v) is 5.87. The molecule has 7 heteroatoms. The first-order valence-electron chi connectivity index (χ1n) is 9.00. The highest BCUT2D eigenvalue weighted by atomic mass is 16.6. The fraction of sp³-hybridized carbons (Fsp3) is 0.350. The normalized spacial score (nSPS) is 25.0. The minimum Gasteiger partial charge on any atom is -0.508 e. The summed E-state index contributed by atoms with van der Waals surface area (Å²) in [7, 11) is 0. The van der Waals surface area contributed by atoms with Crippen LogP contribution in [0, 0.1) is 5.92 Å². The van der Waals surface area contributed by atoms with E-state index < -0.39 is 11.6 Å². The van der Waals surface area contributed by atoms with E-state index in [4.69, 9.17) is 9.73 Å². The number of pyridine rings is 1. The fourth-order valence-electron chi connectivity index (χ4n) is 4.36. The zero-order valence-corrected chi connectivity index (χ0v) is 14.7. The van der Waals surface area contributed by atoms with Crippen LogP contribution in [-0.2, 0) is 34.7 Å². The van der Waals surface area contributed by atoms with E-state index >= 15 is 0 Å². The van der Waals surface area contributed by atoms with Crippen LogP contribution in [0.25, 0.3) is 0 Å². The van der Waals surface area contributed by atoms with Crippen LogP contribution in [0.5, 0.6) is 5.75 Å². The Labute approximate surface area is 154 Å². The smallest absolute Gasteiger partial charge is 0.343 e. The van der Waals surface area contributed by atoms with Crippen molar-refractivity contribution in [1.29, 1.82) is 0 Å². The summed E-state index contributed by atoms with van der Waals surface area (Å²) in [6.45, 7) is 2.04. The highest BCUT2D eigenvalue weighted by Gasteiger charge is 2.46. The van der Waals surface area contributed by atoms with Crippen LogP contribution in [0.4, 0.5) is 5.69 Å². The third-order valence-electron chi connectivity index (χ3n) is 5.87. The molecular formula is C20H18N2O5. The van der Waals surface area contributed by atoms with Gasteiger partial charge in [-0.05, 0) is 42.7 Å². The van der Waals surface area contributed by atoms with Crippen LogP contribution >= 0.6 is 0 Å². The monoisotopic (exact) mass is 366 g/mol. The predicted octanol–water partition coefficient (Wildman–Crippen LogP) is 1.51. The van der Waals surface area contributed by atoms with Gasteiger partial charge in [-0.25, -0.2) is 4.79 Å². The van der Waals surface area contributed by atoms with Gasteiger partial charge in [0.15, 0.2) is 5.60 Å². The van der Waals surface area contributed by atoms with E-state index in [9.17, 15) is 19.8 Å². The van der Waals surface area contributed by atoms with Gasteiger partial charge in [0.1, 0.15) is 12.4 Å². The Balaban J connectivity index is 1.73. The van der Waals surface area contributed by atoms with Crippen LogP contribution in [0.15, 0.2) is 34.1 Å². The maximum absolute atomic E-state index is 13.1. The molecule has 1 aromatic heterocycles. The molecule has 0 amide bonds. The summed E-state index contributed by atoms with van der Waals surface area (Å²) in [6.07, 6.45) is 0.793. The largest absolute Gasteiger partial charge is 0.508 e. The van der Waals surface area contributed by atoms with Crippen molar-refractivity contribution >= 4 is 17.4 Å². The molecule has 0 saturated carbocycles. The summed E-state index contributed by atoms with van der Waals surface area (Å²) in [4.78, 5) is 29.9. The highest BCUT2D eigenvalue weighted by Crippen LogP contribution is 2.39. The number of benzene rings is 1. The average Bonchev–Trinajstić information content (AvgIpc) is 3.01. The number of cyclic esters (lactones) is 1. The first-order valence-corrected chi connectivity index (χ1v) is 9.00. The van der Waals surface area contributed by atoms with Crippen LogP contribution in [0.3, 0.4) is 0 Å². The van der Waals surface area contributed by atoms with Gasteiger partial charge in [0, 0.05) is 18.0 Å². The topological polar surface area (TPSA) is 101 Å². The summed E-state index contributed by atoms with van der Waals surface area (Å²) >= 11 is 0. The first-order chi connectivity index (χ1) is 12.9. The maximum Gasteiger partial charge on any atom is 0.343 e. The summed E-state index contributed by atoms with van der Waals surface area (Å²) < 4.78 is 6.73. The molecular weight excluding hydrogens is 348 g/mol. The Morgan fingerprint density at radius 3 is 2.93 bits per heavy atom. The Hall–Kier alpha value is -2.93. The molecule has 2 atom stereocenters. The van der Waals surface area contributed by atoms with Crippen LogP contribution < -0.4 is 5.56 Å². The maximum atomic E-state index is 13.1. The number of nitrogens with zero attached hydrogens (tertiary/aromatic N) is 2. The molecule has 0 aliphatic carbocycles. The Morgan fingerprint density at radius 1 is 1.33 bits per heavy atom. The van der Waals surface area contributed by atoms with Gasteiger partial charge in [0.05, 0.1) is 22.7 Å². The molecule has 0 spiro atoms. The molecule has 138 valence electrons. The zero-order valence-electron chi connectivity index (χ0n) is 14.7. The van der Waals surface area contributed by atoms with E-state index in [-0.39, 0.29) is 30.3 Å². The number of aliphatic imine (C=N–C) groups is 1. The van der Waals surface area contributed by atoms with Gasteiger partial charge in [-0.15, -0.1) is 0 Å². The Kier molecular flexibility index (Phi) is 3.19. The lowest BCUT2D eigenvalue weighted by Gasteiger charge is -2.31. The van der Waals surface area contributed by atoms with E-state index in [2.05, 4.69) is 0 Å². The van der Waals surface area contributed by atoms with E-state index in [1.807, 2.05) is 0 Å². The molecule has 27 heavy (non-hydrogen) atoms. The van der Waals surface area contributed by atoms with Crippen molar-refractivity contribution in [3.63, 3.8) is 0 Å². The van der Waals surface area contributed by atoms with Gasteiger partial charge in [-0.3, -0.25) is 9.79 Å². The molecule has 3 aliphatic heterocycles. The fourth-order valence-corrected chi connectivity index (χ4v) is 4.36. The molecule has 5 rings (SSSR count). The molecule has 0 saturated heterocycles. The molecule has 0 radical (unpaired) electrons. The summed E-state index contributed by atoms with van der Waals surface area (Å²) in [5, 5.41) is 20.6. The van der Waals surface area contributed by atoms with Gasteiger partial charge in [0.25, 0.3) is 5.56 Å². The minimum absolute atomic E-state index is 0.0159. The average molecular weight is 366 g/mol. The Morgan fingerprint density at radius 2 is 2.15 bits per heavy atom. The molecule has 0 bridgehead atoms. The lowest BCUT2D eigenvalue weighted by atomic mass is 9.85. The molecule has 2 unspecified atom stereocenters. The van der Waals surface area contributed by atoms with Gasteiger partial charge in [-0.2, -0.15) is 0 Å². The van der Waals surface area contributed by atoms with Crippen molar-refractivity contribution in [2.24, 2.45) is 10.9 Å². The van der Waals surface area contributed by atoms with Crippen LogP contribution in [0.2, 0.25) is 0 Å². The standard InChI is InChI=1S/C20H18N2O5/c1-2-20(26)14-7-16-17-11(5-10-6-12(23)3-4-15(10)21-17)8-22(16)18(24)13(14)9-27-19(20)25/h3-4,6-7,11,23,26H,2,5,8-9H2,1H3. The Bertz CT molecular complexity index is 1100. The second kappa shape index (κ2) is 5.29. The highest BCUT2D eigenvalue weighted by molar-refractivity contribution is 6.05. The SMILES string of the molecule is CCC1(O)C(=O)OCc2c1cc1n(c2=O)CC2Cc3cc(O)ccc3N=C12. The van der Waals surface area contributed by atoms with E-state index in [0.29, 0.717) is 29.8 Å². The number of aromatic nitrogens is 1. The molecule has 3 aliphatic rings. The number of hydrogen-bond donors (Lipinski definition) is 2. The van der Waals surface area contributed by atoms with Gasteiger partial charge < -0.3 is 19.5 Å². The summed E-state index contributed by atoms with van der Waals surface area (Å²) in [6, 6.07) is 6.77. The van der Waals surface area contributed by atoms with Crippen molar-refractivity contribution in [2.75, 3.05) is 0 Å². The molecule has 0 fully saturated rings. The number of carbonyl (C=O) groups is 1. The number of fused-ring (bicyclic) bond motifs is 5. The predicted molar refractivity (Wildman–Crippen MR) is 96.2 cm³/mol. The lowest BCUT2D eigenvalue weighted by molar-refractivity contribution is -0.172. The third kappa shape index (κ3) is 2.09. The number of ether oxygens (including phenoxy) is 1. The summed E-state index contributed by atoms with van der Waals surface area (Å²) in [5.41, 5.74) is 1.75. The van der Waals surface area contributed by atoms with E-state index in [1.54, 1.807) is 35.8 Å². The summed E-state index contributed by atoms with van der Waals surface area (Å²) in [5.74, 6) is -0.510. The molecule has 7 nitrogen and oxygen atoms in total. The lowest BCUT2D eigenvalue weighted by Crippen LogP contribution is -2.44.